The highest BCUT2D eigenvalue weighted by molar-refractivity contribution is 6.33. The number of nitrogens with two attached hydrogens (primary N) is 1. The molecule has 5 rings (SSSR count). The van der Waals surface area contributed by atoms with Crippen molar-refractivity contribution in [1.29, 1.82) is 0 Å². The lowest BCUT2D eigenvalue weighted by atomic mass is 9.50. The number of likely N-dealkylation sites (N-methyl/N-ethyl adjacent to an activating group) is 1. The summed E-state index contributed by atoms with van der Waals surface area (Å²) in [5.74, 6) is -13.9. The summed E-state index contributed by atoms with van der Waals surface area (Å²) in [5, 5.41) is 34.4. The Morgan fingerprint density at radius 2 is 1.68 bits per heavy atom. The molecule has 2 unspecified atom stereocenters. The minimum Gasteiger partial charge on any atom is -0.507 e. The van der Waals surface area contributed by atoms with E-state index in [0.717, 1.165) is 0 Å². The fraction of sp³-hybridized carbons (Fsp3) is 0.333. The van der Waals surface area contributed by atoms with E-state index in [0.29, 0.717) is 11.1 Å². The topological polar surface area (TPSA) is 192 Å². The third-order valence-electron chi connectivity index (χ3n) is 8.49. The smallest absolute Gasteiger partial charge is 0.235 e. The van der Waals surface area contributed by atoms with Crippen molar-refractivity contribution in [1.82, 2.24) is 4.90 Å². The Hall–Kier alpha value is -4.32. The second-order valence-corrected chi connectivity index (χ2v) is 11.0. The molecule has 0 bridgehead atoms. The predicted molar refractivity (Wildman–Crippen MR) is 143 cm³/mol. The van der Waals surface area contributed by atoms with Crippen LogP contribution in [0.25, 0.3) is 11.6 Å². The number of amides is 1. The Bertz CT molecular complexity index is 1590. The molecule has 0 saturated heterocycles. The summed E-state index contributed by atoms with van der Waals surface area (Å²) in [5.41, 5.74) is 3.27. The molecule has 5 N–H and O–H groups in total. The third-order valence-corrected chi connectivity index (χ3v) is 8.49. The number of hydrogen-bond acceptors (Lipinski definition) is 10. The normalized spacial score (nSPS) is 32.0. The highest BCUT2D eigenvalue weighted by Crippen LogP contribution is 2.54. The van der Waals surface area contributed by atoms with Gasteiger partial charge in [0.25, 0.3) is 0 Å². The van der Waals surface area contributed by atoms with Gasteiger partial charge in [-0.1, -0.05) is 36.4 Å². The molecule has 0 radical (unpaired) electrons. The Morgan fingerprint density at radius 1 is 1.02 bits per heavy atom. The van der Waals surface area contributed by atoms with Crippen LogP contribution in [0.15, 0.2) is 42.5 Å². The molecule has 3 aliphatic rings. The van der Waals surface area contributed by atoms with Gasteiger partial charge in [-0.15, -0.1) is 0 Å². The van der Waals surface area contributed by atoms with Crippen molar-refractivity contribution in [3.63, 3.8) is 0 Å². The van der Waals surface area contributed by atoms with Gasteiger partial charge in [-0.3, -0.25) is 33.7 Å². The van der Waals surface area contributed by atoms with Crippen LogP contribution in [0.1, 0.15) is 38.8 Å². The third kappa shape index (κ3) is 3.91. The molecule has 41 heavy (non-hydrogen) atoms. The minimum atomic E-state index is -3.10. The van der Waals surface area contributed by atoms with Gasteiger partial charge < -0.3 is 21.1 Å². The average Bonchev–Trinajstić information content (AvgIpc) is 2.90. The van der Waals surface area contributed by atoms with Crippen LogP contribution < -0.4 is 5.73 Å². The molecule has 7 atom stereocenters. The minimum absolute atomic E-state index is 0.201. The van der Waals surface area contributed by atoms with Crippen molar-refractivity contribution in [2.75, 3.05) is 14.1 Å². The number of nitrogens with zero attached hydrogens (tertiary/aromatic N) is 1. The molecular formula is C30H28N2O9. The number of rotatable bonds is 4. The van der Waals surface area contributed by atoms with Gasteiger partial charge in [0.2, 0.25) is 5.91 Å². The molecular weight excluding hydrogens is 532 g/mol. The van der Waals surface area contributed by atoms with Crippen molar-refractivity contribution in [2.45, 2.75) is 24.7 Å². The number of ketones is 5. The van der Waals surface area contributed by atoms with Crippen molar-refractivity contribution >= 4 is 46.5 Å². The number of aliphatic hydroxyl groups is 2. The van der Waals surface area contributed by atoms with Gasteiger partial charge in [0.05, 0.1) is 29.5 Å². The van der Waals surface area contributed by atoms with Gasteiger partial charge in [-0.05, 0) is 49.9 Å². The van der Waals surface area contributed by atoms with Gasteiger partial charge in [-0.2, -0.15) is 0 Å². The molecule has 212 valence electrons. The molecule has 0 heterocycles. The van der Waals surface area contributed by atoms with E-state index in [4.69, 9.17) is 5.73 Å². The van der Waals surface area contributed by atoms with E-state index < -0.39 is 76.2 Å². The largest absolute Gasteiger partial charge is 0.507 e. The van der Waals surface area contributed by atoms with Crippen LogP contribution in [0.3, 0.4) is 0 Å². The summed E-state index contributed by atoms with van der Waals surface area (Å²) in [6.45, 7) is 1.39. The highest BCUT2D eigenvalue weighted by atomic mass is 16.3. The Kier molecular flexibility index (Phi) is 6.64. The van der Waals surface area contributed by atoms with Crippen molar-refractivity contribution < 1.29 is 44.1 Å². The number of fused-ring (bicyclic) bond motifs is 3. The van der Waals surface area contributed by atoms with Crippen molar-refractivity contribution in [3.05, 3.63) is 64.7 Å². The molecule has 11 nitrogen and oxygen atoms in total. The summed E-state index contributed by atoms with van der Waals surface area (Å²) >= 11 is 0. The van der Waals surface area contributed by atoms with E-state index in [1.807, 2.05) is 0 Å². The maximum absolute atomic E-state index is 14.1. The number of hydrogen-bond donors (Lipinski definition) is 4. The number of primary amides is 1. The standard InChI is InChI=1S/C30H28N2O9/c1-12(33)14-7-4-6-13(10-14)11-16-15-8-5-9-17(34)18(15)24(35)20-19(16)25(36)22-23(32(2)3)26(37)21(29(31)40)28(39)30(22,41)27(20)38/h4-11,19-23,25,34,36,41H,1-3H3,(H2,31,40)/t19-,20?,21?,22-,23+,25+,30+/m1/s1. The molecule has 2 aromatic rings. The molecule has 0 spiro atoms. The van der Waals surface area contributed by atoms with E-state index >= 15 is 0 Å². The van der Waals surface area contributed by atoms with Crippen LogP contribution in [-0.4, -0.2) is 86.9 Å². The van der Waals surface area contributed by atoms with Gasteiger partial charge in [0, 0.05) is 11.5 Å². The molecule has 0 aliphatic heterocycles. The quantitative estimate of drug-likeness (QED) is 0.293. The second-order valence-electron chi connectivity index (χ2n) is 11.0. The van der Waals surface area contributed by atoms with E-state index in [-0.39, 0.29) is 22.5 Å². The van der Waals surface area contributed by atoms with E-state index in [1.54, 1.807) is 30.3 Å². The monoisotopic (exact) mass is 560 g/mol. The number of phenolic OH excluding ortho intramolecular Hbond substituents is 1. The summed E-state index contributed by atoms with van der Waals surface area (Å²) < 4.78 is 0. The van der Waals surface area contributed by atoms with E-state index in [9.17, 15) is 44.1 Å². The molecule has 3 aliphatic carbocycles. The van der Waals surface area contributed by atoms with Gasteiger partial charge in [-0.25, -0.2) is 0 Å². The lowest BCUT2D eigenvalue weighted by Gasteiger charge is -2.55. The van der Waals surface area contributed by atoms with Gasteiger partial charge in [0.1, 0.15) is 5.75 Å². The molecule has 2 fully saturated rings. The summed E-state index contributed by atoms with van der Waals surface area (Å²) in [6.07, 6.45) is -0.266. The Labute approximate surface area is 234 Å². The fourth-order valence-corrected chi connectivity index (χ4v) is 6.70. The molecule has 11 heteroatoms. The fourth-order valence-electron chi connectivity index (χ4n) is 6.70. The zero-order chi connectivity index (χ0) is 30.1. The first-order chi connectivity index (χ1) is 19.2. The maximum Gasteiger partial charge on any atom is 0.235 e. The number of phenols is 1. The highest BCUT2D eigenvalue weighted by Gasteiger charge is 2.72. The van der Waals surface area contributed by atoms with E-state index in [1.165, 1.54) is 44.1 Å². The Balaban J connectivity index is 1.80. The van der Waals surface area contributed by atoms with Gasteiger partial charge >= 0.3 is 0 Å². The zero-order valence-corrected chi connectivity index (χ0v) is 22.4. The van der Waals surface area contributed by atoms with E-state index in [2.05, 4.69) is 0 Å². The first-order valence-corrected chi connectivity index (χ1v) is 12.9. The SMILES string of the molecule is CC(=O)c1cccc(C=C2c3cccc(O)c3C(=O)C3C(=O)[C@]4(O)C(=O)C(C(N)=O)C(=O)[C@@H](N(C)C)[C@@H]4[C@@H](O)[C@H]23)c1. The Morgan fingerprint density at radius 3 is 2.29 bits per heavy atom. The number of benzene rings is 2. The number of Topliss-reactive ketones (excluding diaryl/α,β-unsaturated/α-hetero) is 5. The van der Waals surface area contributed by atoms with Crippen molar-refractivity contribution in [3.8, 4) is 5.75 Å². The first kappa shape index (κ1) is 28.2. The number of aliphatic hydroxyl groups excluding tert-OH is 1. The van der Waals surface area contributed by atoms with Gasteiger partial charge in [0.15, 0.2) is 40.4 Å². The number of aromatic hydroxyl groups is 1. The van der Waals surface area contributed by atoms with Crippen molar-refractivity contribution in [2.24, 2.45) is 29.4 Å². The molecule has 2 saturated carbocycles. The van der Waals surface area contributed by atoms with Crippen LogP contribution in [-0.2, 0) is 19.2 Å². The lowest BCUT2D eigenvalue weighted by Crippen LogP contribution is -2.77. The van der Waals surface area contributed by atoms with Crippen LogP contribution in [0, 0.1) is 23.7 Å². The van der Waals surface area contributed by atoms with Crippen LogP contribution in [0.5, 0.6) is 5.75 Å². The molecule has 2 aromatic carbocycles. The summed E-state index contributed by atoms with van der Waals surface area (Å²) in [6, 6.07) is 9.21. The number of carbonyl (C=O) groups is 6. The van der Waals surface area contributed by atoms with Crippen LogP contribution in [0.4, 0.5) is 0 Å². The van der Waals surface area contributed by atoms with Crippen LogP contribution in [0.2, 0.25) is 0 Å². The predicted octanol–water partition coefficient (Wildman–Crippen LogP) is 0.0385. The lowest BCUT2D eigenvalue weighted by molar-refractivity contribution is -0.192. The zero-order valence-electron chi connectivity index (χ0n) is 22.4. The van der Waals surface area contributed by atoms with Crippen LogP contribution >= 0.6 is 0 Å². The maximum atomic E-state index is 14.1. The number of carbonyl (C=O) groups excluding carboxylic acids is 6. The second kappa shape index (κ2) is 9.65. The summed E-state index contributed by atoms with van der Waals surface area (Å²) in [4.78, 5) is 80.3. The average molecular weight is 561 g/mol. The first-order valence-electron chi connectivity index (χ1n) is 12.9. The molecule has 1 amide bonds. The molecule has 0 aromatic heterocycles. The summed E-state index contributed by atoms with van der Waals surface area (Å²) in [7, 11) is 2.84.